The maximum absolute atomic E-state index is 12.7. The average Bonchev–Trinajstić information content (AvgIpc) is 3.45. The quantitative estimate of drug-likeness (QED) is 0.304. The summed E-state index contributed by atoms with van der Waals surface area (Å²) in [6, 6.07) is 12.9. The molecule has 1 aromatic heterocycles. The summed E-state index contributed by atoms with van der Waals surface area (Å²) in [4.78, 5) is 15.1. The van der Waals surface area contributed by atoms with Crippen LogP contribution in [-0.2, 0) is 26.1 Å². The van der Waals surface area contributed by atoms with Crippen LogP contribution in [0, 0.1) is 5.92 Å². The fourth-order valence-electron chi connectivity index (χ4n) is 6.73. The Morgan fingerprint density at radius 1 is 1.02 bits per heavy atom. The van der Waals surface area contributed by atoms with E-state index in [1.54, 1.807) is 24.3 Å². The zero-order valence-corrected chi connectivity index (χ0v) is 25.8. The maximum atomic E-state index is 12.7. The van der Waals surface area contributed by atoms with Crippen molar-refractivity contribution in [1.82, 2.24) is 9.88 Å². The standard InChI is InChI=1S/C31H33Cl2N3O6S/c32-25-2-1-3-26(33)28(25)29-24(30(42-34-29)18-4-5-18)17-41-27-15-22-14-20(27)16-36(22)21-8-6-19(7-9-21)31(37)35-43(38,39)23-10-12-40-13-11-23/h1-3,6-9,18,20,22-23,27H,4-5,10-17H2,(H,35,37)/t20-,22-,27+/m0/s1. The van der Waals surface area contributed by atoms with Crippen LogP contribution in [0.1, 0.15) is 66.1 Å². The molecule has 43 heavy (non-hydrogen) atoms. The number of halogens is 2. The highest BCUT2D eigenvalue weighted by atomic mass is 35.5. The summed E-state index contributed by atoms with van der Waals surface area (Å²) in [6.07, 6.45) is 4.96. The second-order valence-electron chi connectivity index (χ2n) is 12.0. The molecule has 3 aromatic rings. The predicted octanol–water partition coefficient (Wildman–Crippen LogP) is 5.95. The van der Waals surface area contributed by atoms with Crippen molar-refractivity contribution in [3.05, 3.63) is 69.4 Å². The molecule has 0 spiro atoms. The van der Waals surface area contributed by atoms with E-state index in [-0.39, 0.29) is 6.10 Å². The minimum atomic E-state index is -3.75. The summed E-state index contributed by atoms with van der Waals surface area (Å²) in [7, 11) is -3.75. The smallest absolute Gasteiger partial charge is 0.264 e. The number of rotatable bonds is 9. The molecular formula is C31H33Cl2N3O6S. The van der Waals surface area contributed by atoms with E-state index < -0.39 is 21.2 Å². The van der Waals surface area contributed by atoms with Gasteiger partial charge in [0.1, 0.15) is 11.5 Å². The van der Waals surface area contributed by atoms with Crippen molar-refractivity contribution in [1.29, 1.82) is 0 Å². The Balaban J connectivity index is 0.986. The third kappa shape index (κ3) is 5.80. The van der Waals surface area contributed by atoms with Crippen LogP contribution in [0.2, 0.25) is 10.0 Å². The Labute approximate surface area is 260 Å². The van der Waals surface area contributed by atoms with E-state index in [2.05, 4.69) is 14.8 Å². The number of carbonyl (C=O) groups is 1. The second-order valence-corrected chi connectivity index (χ2v) is 14.7. The summed E-state index contributed by atoms with van der Waals surface area (Å²) in [6.45, 7) is 2.01. The number of amides is 1. The van der Waals surface area contributed by atoms with Gasteiger partial charge >= 0.3 is 0 Å². The number of aromatic nitrogens is 1. The number of nitrogens with one attached hydrogen (secondary N) is 1. The van der Waals surface area contributed by atoms with Gasteiger partial charge in [-0.15, -0.1) is 0 Å². The fourth-order valence-corrected chi connectivity index (χ4v) is 8.66. The molecule has 4 aliphatic rings. The number of benzene rings is 2. The molecule has 0 unspecified atom stereocenters. The highest BCUT2D eigenvalue weighted by Crippen LogP contribution is 2.47. The second kappa shape index (κ2) is 11.7. The molecule has 1 amide bonds. The van der Waals surface area contributed by atoms with Gasteiger partial charge in [0.05, 0.1) is 28.0 Å². The van der Waals surface area contributed by atoms with E-state index in [9.17, 15) is 13.2 Å². The molecule has 228 valence electrons. The van der Waals surface area contributed by atoms with E-state index in [0.717, 1.165) is 49.2 Å². The third-order valence-electron chi connectivity index (χ3n) is 9.19. The molecule has 9 nitrogen and oxygen atoms in total. The highest BCUT2D eigenvalue weighted by molar-refractivity contribution is 7.90. The Morgan fingerprint density at radius 2 is 1.74 bits per heavy atom. The van der Waals surface area contributed by atoms with Gasteiger partial charge in [0.15, 0.2) is 0 Å². The lowest BCUT2D eigenvalue weighted by atomic mass is 10.0. The molecule has 2 aliphatic heterocycles. The average molecular weight is 647 g/mol. The van der Waals surface area contributed by atoms with E-state index >= 15 is 0 Å². The first-order valence-corrected chi connectivity index (χ1v) is 17.1. The number of ether oxygens (including phenoxy) is 2. The highest BCUT2D eigenvalue weighted by Gasteiger charge is 2.46. The Morgan fingerprint density at radius 3 is 2.40 bits per heavy atom. The van der Waals surface area contributed by atoms with E-state index in [1.165, 1.54) is 0 Å². The van der Waals surface area contributed by atoms with Crippen molar-refractivity contribution >= 4 is 44.8 Å². The van der Waals surface area contributed by atoms with Gasteiger partial charge in [0.25, 0.3) is 5.91 Å². The Hall–Kier alpha value is -2.63. The van der Waals surface area contributed by atoms with Crippen LogP contribution in [0.15, 0.2) is 47.0 Å². The van der Waals surface area contributed by atoms with Crippen LogP contribution in [0.4, 0.5) is 5.69 Å². The van der Waals surface area contributed by atoms with E-state index in [0.29, 0.717) is 77.4 Å². The Kier molecular flexibility index (Phi) is 7.92. The molecule has 12 heteroatoms. The van der Waals surface area contributed by atoms with Crippen LogP contribution in [-0.4, -0.2) is 56.6 Å². The lowest BCUT2D eigenvalue weighted by Crippen LogP contribution is -2.41. The van der Waals surface area contributed by atoms with Gasteiger partial charge in [0, 0.05) is 60.0 Å². The maximum Gasteiger partial charge on any atom is 0.264 e. The monoisotopic (exact) mass is 645 g/mol. The zero-order valence-electron chi connectivity index (χ0n) is 23.5. The van der Waals surface area contributed by atoms with Crippen LogP contribution in [0.3, 0.4) is 0 Å². The number of fused-ring (bicyclic) bond motifs is 2. The number of piperidine rings is 1. The summed E-state index contributed by atoms with van der Waals surface area (Å²) in [5.74, 6) is 1.00. The van der Waals surface area contributed by atoms with E-state index in [1.807, 2.05) is 18.2 Å². The fraction of sp³-hybridized carbons (Fsp3) is 0.484. The van der Waals surface area contributed by atoms with E-state index in [4.69, 9.17) is 37.2 Å². The largest absolute Gasteiger partial charge is 0.381 e. The topological polar surface area (TPSA) is 111 Å². The molecule has 3 atom stereocenters. The molecule has 2 bridgehead atoms. The first-order chi connectivity index (χ1) is 20.8. The van der Waals surface area contributed by atoms with Crippen molar-refractivity contribution in [3.63, 3.8) is 0 Å². The molecule has 7 rings (SSSR count). The number of hydrogen-bond acceptors (Lipinski definition) is 8. The van der Waals surface area contributed by atoms with Crippen molar-refractivity contribution in [2.24, 2.45) is 5.92 Å². The number of nitrogens with zero attached hydrogens (tertiary/aromatic N) is 2. The van der Waals surface area contributed by atoms with Crippen molar-refractivity contribution < 1.29 is 27.2 Å². The van der Waals surface area contributed by atoms with Crippen LogP contribution < -0.4 is 9.62 Å². The molecule has 3 heterocycles. The molecule has 1 N–H and O–H groups in total. The summed E-state index contributed by atoms with van der Waals surface area (Å²) < 4.78 is 45.1. The molecule has 0 radical (unpaired) electrons. The molecule has 2 aliphatic carbocycles. The number of carbonyl (C=O) groups excluding carboxylic acids is 1. The van der Waals surface area contributed by atoms with Gasteiger partial charge in [-0.2, -0.15) is 0 Å². The lowest BCUT2D eigenvalue weighted by molar-refractivity contribution is 0.0122. The van der Waals surface area contributed by atoms with Crippen LogP contribution in [0.5, 0.6) is 0 Å². The summed E-state index contributed by atoms with van der Waals surface area (Å²) in [5, 5.41) is 4.84. The molecule has 2 aromatic carbocycles. The zero-order chi connectivity index (χ0) is 29.7. The van der Waals surface area contributed by atoms with Gasteiger partial charge in [0.2, 0.25) is 10.0 Å². The summed E-state index contributed by atoms with van der Waals surface area (Å²) >= 11 is 13.0. The number of sulfonamides is 1. The van der Waals surface area contributed by atoms with Gasteiger partial charge in [-0.3, -0.25) is 4.79 Å². The first kappa shape index (κ1) is 29.1. The summed E-state index contributed by atoms with van der Waals surface area (Å²) in [5.41, 5.74) is 3.61. The van der Waals surface area contributed by atoms with Gasteiger partial charge < -0.3 is 18.9 Å². The van der Waals surface area contributed by atoms with Crippen molar-refractivity contribution in [2.75, 3.05) is 24.7 Å². The molecule has 2 saturated heterocycles. The third-order valence-corrected chi connectivity index (χ3v) is 11.6. The van der Waals surface area contributed by atoms with Crippen molar-refractivity contribution in [2.45, 2.75) is 68.4 Å². The van der Waals surface area contributed by atoms with Crippen LogP contribution in [0.25, 0.3) is 11.3 Å². The molecule has 2 saturated carbocycles. The molecule has 4 fully saturated rings. The van der Waals surface area contributed by atoms with Gasteiger partial charge in [-0.05, 0) is 74.9 Å². The normalized spacial score (nSPS) is 24.0. The first-order valence-electron chi connectivity index (χ1n) is 14.8. The van der Waals surface area contributed by atoms with Crippen LogP contribution >= 0.6 is 23.2 Å². The minimum absolute atomic E-state index is 0.109. The minimum Gasteiger partial charge on any atom is -0.381 e. The van der Waals surface area contributed by atoms with Gasteiger partial charge in [-0.25, -0.2) is 13.1 Å². The Bertz CT molecular complexity index is 1600. The number of hydrogen-bond donors (Lipinski definition) is 1. The van der Waals surface area contributed by atoms with Crippen molar-refractivity contribution in [3.8, 4) is 11.3 Å². The molecular weight excluding hydrogens is 613 g/mol. The lowest BCUT2D eigenvalue weighted by Gasteiger charge is -2.33. The van der Waals surface area contributed by atoms with Gasteiger partial charge in [-0.1, -0.05) is 34.4 Å². The number of anilines is 1. The predicted molar refractivity (Wildman–Crippen MR) is 163 cm³/mol. The SMILES string of the molecule is O=C(NS(=O)(=O)C1CCOCC1)c1ccc(N2C[C@@H]3C[C@H]2C[C@H]3OCc2c(-c3c(Cl)cccc3Cl)noc2C2CC2)cc1.